The number of rotatable bonds is 7. The van der Waals surface area contributed by atoms with Crippen molar-refractivity contribution in [1.29, 1.82) is 0 Å². The largest absolute Gasteiger partial charge is 0.381 e. The lowest BCUT2D eigenvalue weighted by Gasteiger charge is -2.23. The molecule has 15 heavy (non-hydrogen) atoms. The van der Waals surface area contributed by atoms with Crippen molar-refractivity contribution in [2.75, 3.05) is 33.0 Å². The van der Waals surface area contributed by atoms with E-state index in [1.54, 1.807) is 0 Å². The van der Waals surface area contributed by atoms with Crippen LogP contribution in [-0.2, 0) is 9.47 Å². The van der Waals surface area contributed by atoms with Crippen molar-refractivity contribution in [2.24, 2.45) is 11.8 Å². The highest BCUT2D eigenvalue weighted by molar-refractivity contribution is 4.79. The fraction of sp³-hybridized carbons (Fsp3) is 1.00. The summed E-state index contributed by atoms with van der Waals surface area (Å²) >= 11 is 0. The first kappa shape index (κ1) is 11.4. The molecular formula is C12H23NO2. The first-order valence-electron chi connectivity index (χ1n) is 6.29. The molecule has 1 aliphatic carbocycles. The lowest BCUT2D eigenvalue weighted by Crippen LogP contribution is -2.40. The smallest absolute Gasteiger partial charge is 0.0623 e. The Morgan fingerprint density at radius 3 is 2.87 bits per heavy atom. The van der Waals surface area contributed by atoms with Gasteiger partial charge in [0, 0.05) is 25.2 Å². The van der Waals surface area contributed by atoms with Gasteiger partial charge in [0.25, 0.3) is 0 Å². The molecule has 1 N–H and O–H groups in total. The standard InChI is InChI=1S/C12H23NO2/c1-2-13-12(11-5-6-14-8-11)9-15-7-10-3-4-10/h10-13H,2-9H2,1H3. The van der Waals surface area contributed by atoms with Crippen LogP contribution in [0.4, 0.5) is 0 Å². The van der Waals surface area contributed by atoms with E-state index >= 15 is 0 Å². The molecule has 1 aliphatic heterocycles. The SMILES string of the molecule is CCNC(COCC1CC1)C1CCOC1. The molecule has 1 heterocycles. The summed E-state index contributed by atoms with van der Waals surface area (Å²) in [4.78, 5) is 0. The van der Waals surface area contributed by atoms with E-state index in [0.717, 1.165) is 38.9 Å². The topological polar surface area (TPSA) is 30.5 Å². The van der Waals surface area contributed by atoms with Gasteiger partial charge in [-0.05, 0) is 31.7 Å². The molecule has 3 nitrogen and oxygen atoms in total. The Hall–Kier alpha value is -0.120. The van der Waals surface area contributed by atoms with E-state index in [9.17, 15) is 0 Å². The molecule has 88 valence electrons. The Kier molecular flexibility index (Phi) is 4.42. The summed E-state index contributed by atoms with van der Waals surface area (Å²) < 4.78 is 11.2. The van der Waals surface area contributed by atoms with E-state index in [0.29, 0.717) is 12.0 Å². The lowest BCUT2D eigenvalue weighted by molar-refractivity contribution is 0.0812. The number of nitrogens with one attached hydrogen (secondary N) is 1. The molecule has 2 rings (SSSR count). The van der Waals surface area contributed by atoms with Crippen LogP contribution in [0.15, 0.2) is 0 Å². The quantitative estimate of drug-likeness (QED) is 0.694. The third kappa shape index (κ3) is 3.74. The van der Waals surface area contributed by atoms with E-state index < -0.39 is 0 Å². The molecule has 2 atom stereocenters. The summed E-state index contributed by atoms with van der Waals surface area (Å²) in [6, 6.07) is 0.497. The maximum atomic E-state index is 5.77. The average Bonchev–Trinajstić information content (AvgIpc) is 2.91. The Labute approximate surface area is 92.5 Å². The van der Waals surface area contributed by atoms with Crippen molar-refractivity contribution in [3.8, 4) is 0 Å². The van der Waals surface area contributed by atoms with Crippen LogP contribution >= 0.6 is 0 Å². The van der Waals surface area contributed by atoms with Crippen LogP contribution in [-0.4, -0.2) is 39.0 Å². The van der Waals surface area contributed by atoms with Crippen molar-refractivity contribution in [3.63, 3.8) is 0 Å². The summed E-state index contributed by atoms with van der Waals surface area (Å²) in [6.07, 6.45) is 3.93. The van der Waals surface area contributed by atoms with Gasteiger partial charge < -0.3 is 14.8 Å². The maximum Gasteiger partial charge on any atom is 0.0623 e. The minimum absolute atomic E-state index is 0.497. The molecular weight excluding hydrogens is 190 g/mol. The molecule has 0 radical (unpaired) electrons. The fourth-order valence-electron chi connectivity index (χ4n) is 2.14. The molecule has 3 heteroatoms. The summed E-state index contributed by atoms with van der Waals surface area (Å²) in [7, 11) is 0. The second kappa shape index (κ2) is 5.83. The third-order valence-electron chi connectivity index (χ3n) is 3.35. The summed E-state index contributed by atoms with van der Waals surface area (Å²) in [5, 5.41) is 3.51. The average molecular weight is 213 g/mol. The van der Waals surface area contributed by atoms with Crippen molar-refractivity contribution in [2.45, 2.75) is 32.2 Å². The monoisotopic (exact) mass is 213 g/mol. The van der Waals surface area contributed by atoms with E-state index in [4.69, 9.17) is 9.47 Å². The van der Waals surface area contributed by atoms with Crippen LogP contribution < -0.4 is 5.32 Å². The van der Waals surface area contributed by atoms with Gasteiger partial charge in [0.05, 0.1) is 13.2 Å². The number of hydrogen-bond donors (Lipinski definition) is 1. The minimum Gasteiger partial charge on any atom is -0.381 e. The second-order valence-corrected chi connectivity index (χ2v) is 4.77. The molecule has 0 spiro atoms. The Balaban J connectivity index is 1.66. The predicted molar refractivity (Wildman–Crippen MR) is 59.9 cm³/mol. The zero-order chi connectivity index (χ0) is 10.5. The minimum atomic E-state index is 0.497. The highest BCUT2D eigenvalue weighted by Crippen LogP contribution is 2.29. The first-order chi connectivity index (χ1) is 7.40. The van der Waals surface area contributed by atoms with Gasteiger partial charge in [-0.15, -0.1) is 0 Å². The summed E-state index contributed by atoms with van der Waals surface area (Å²) in [5.74, 6) is 1.52. The molecule has 0 bridgehead atoms. The van der Waals surface area contributed by atoms with Gasteiger partial charge >= 0.3 is 0 Å². The van der Waals surface area contributed by atoms with E-state index in [1.165, 1.54) is 19.3 Å². The first-order valence-corrected chi connectivity index (χ1v) is 6.29. The number of hydrogen-bond acceptors (Lipinski definition) is 3. The molecule has 2 unspecified atom stereocenters. The zero-order valence-electron chi connectivity index (χ0n) is 9.71. The molecule has 1 saturated carbocycles. The number of ether oxygens (including phenoxy) is 2. The van der Waals surface area contributed by atoms with Crippen LogP contribution in [0.3, 0.4) is 0 Å². The molecule has 0 amide bonds. The van der Waals surface area contributed by atoms with Crippen LogP contribution in [0.1, 0.15) is 26.2 Å². The van der Waals surface area contributed by atoms with Gasteiger partial charge in [0.2, 0.25) is 0 Å². The Morgan fingerprint density at radius 1 is 1.40 bits per heavy atom. The summed E-state index contributed by atoms with van der Waals surface area (Å²) in [5.41, 5.74) is 0. The summed E-state index contributed by atoms with van der Waals surface area (Å²) in [6.45, 7) is 6.84. The highest BCUT2D eigenvalue weighted by Gasteiger charge is 2.26. The van der Waals surface area contributed by atoms with Gasteiger partial charge in [-0.2, -0.15) is 0 Å². The van der Waals surface area contributed by atoms with Gasteiger partial charge in [-0.1, -0.05) is 6.92 Å². The van der Waals surface area contributed by atoms with Crippen molar-refractivity contribution in [3.05, 3.63) is 0 Å². The molecule has 0 aromatic carbocycles. The van der Waals surface area contributed by atoms with Crippen LogP contribution in [0.25, 0.3) is 0 Å². The molecule has 0 aromatic heterocycles. The van der Waals surface area contributed by atoms with E-state index in [1.807, 2.05) is 0 Å². The normalized spacial score (nSPS) is 28.2. The fourth-order valence-corrected chi connectivity index (χ4v) is 2.14. The zero-order valence-corrected chi connectivity index (χ0v) is 9.71. The van der Waals surface area contributed by atoms with Crippen LogP contribution in [0.5, 0.6) is 0 Å². The molecule has 2 fully saturated rings. The van der Waals surface area contributed by atoms with E-state index in [2.05, 4.69) is 12.2 Å². The van der Waals surface area contributed by atoms with Crippen molar-refractivity contribution >= 4 is 0 Å². The molecule has 2 aliphatic rings. The second-order valence-electron chi connectivity index (χ2n) is 4.77. The number of likely N-dealkylation sites (N-methyl/N-ethyl adjacent to an activating group) is 1. The Bertz CT molecular complexity index is 176. The van der Waals surface area contributed by atoms with Gasteiger partial charge in [0.15, 0.2) is 0 Å². The van der Waals surface area contributed by atoms with Gasteiger partial charge in [-0.3, -0.25) is 0 Å². The van der Waals surface area contributed by atoms with E-state index in [-0.39, 0.29) is 0 Å². The van der Waals surface area contributed by atoms with Gasteiger partial charge in [0.1, 0.15) is 0 Å². The predicted octanol–water partition coefficient (Wildman–Crippen LogP) is 1.43. The lowest BCUT2D eigenvalue weighted by atomic mass is 10.00. The van der Waals surface area contributed by atoms with Gasteiger partial charge in [-0.25, -0.2) is 0 Å². The highest BCUT2D eigenvalue weighted by atomic mass is 16.5. The molecule has 1 saturated heterocycles. The third-order valence-corrected chi connectivity index (χ3v) is 3.35. The molecule has 0 aromatic rings. The van der Waals surface area contributed by atoms with Crippen molar-refractivity contribution in [1.82, 2.24) is 5.32 Å². The Morgan fingerprint density at radius 2 is 2.27 bits per heavy atom. The van der Waals surface area contributed by atoms with Crippen LogP contribution in [0.2, 0.25) is 0 Å². The maximum absolute atomic E-state index is 5.77. The van der Waals surface area contributed by atoms with Crippen molar-refractivity contribution < 1.29 is 9.47 Å². The van der Waals surface area contributed by atoms with Crippen LogP contribution in [0, 0.1) is 11.8 Å².